The van der Waals surface area contributed by atoms with E-state index < -0.39 is 50.3 Å². The van der Waals surface area contributed by atoms with Crippen molar-refractivity contribution in [1.82, 2.24) is 0 Å². The maximum Gasteiger partial charge on any atom is 0.367 e. The zero-order valence-corrected chi connectivity index (χ0v) is 17.3. The first-order chi connectivity index (χ1) is 13.0. The van der Waals surface area contributed by atoms with Crippen LogP contribution in [0.4, 0.5) is 0 Å². The fourth-order valence-corrected chi connectivity index (χ4v) is 6.01. The van der Waals surface area contributed by atoms with E-state index in [4.69, 9.17) is 32.7 Å². The number of ether oxygens (including phenoxy) is 5. The Bertz CT molecular complexity index is 536. The molecule has 2 unspecified atom stereocenters. The zero-order valence-electron chi connectivity index (χ0n) is 16.4. The summed E-state index contributed by atoms with van der Waals surface area (Å²) in [4.78, 5) is 0. The highest BCUT2D eigenvalue weighted by Crippen LogP contribution is 2.67. The van der Waals surface area contributed by atoms with Gasteiger partial charge in [-0.1, -0.05) is 13.8 Å². The summed E-state index contributed by atoms with van der Waals surface area (Å²) in [7, 11) is -3.88. The van der Waals surface area contributed by atoms with E-state index in [-0.39, 0.29) is 19.5 Å². The van der Waals surface area contributed by atoms with Gasteiger partial charge in [-0.25, -0.2) is 0 Å². The number of aliphatic hydroxyl groups is 1. The lowest BCUT2D eigenvalue weighted by atomic mass is 10.0. The van der Waals surface area contributed by atoms with Crippen LogP contribution in [-0.2, 0) is 37.3 Å². The van der Waals surface area contributed by atoms with Crippen molar-refractivity contribution in [3.63, 3.8) is 0 Å². The van der Waals surface area contributed by atoms with E-state index in [0.717, 1.165) is 0 Å². The Morgan fingerprint density at radius 2 is 1.67 bits per heavy atom. The lowest BCUT2D eigenvalue weighted by molar-refractivity contribution is -0.178. The molecular formula is C17H31O9P. The summed E-state index contributed by atoms with van der Waals surface area (Å²) in [6, 6.07) is 0. The minimum atomic E-state index is -3.88. The van der Waals surface area contributed by atoms with E-state index in [1.165, 1.54) is 0 Å². The number of rotatable bonds is 9. The Morgan fingerprint density at radius 1 is 1.00 bits per heavy atom. The Balaban J connectivity index is 1.95. The third-order valence-corrected chi connectivity index (χ3v) is 7.73. The van der Waals surface area contributed by atoms with Crippen LogP contribution >= 0.6 is 7.60 Å². The van der Waals surface area contributed by atoms with Crippen LogP contribution in [0.1, 0.15) is 40.5 Å². The van der Waals surface area contributed by atoms with Gasteiger partial charge in [-0.15, -0.1) is 0 Å². The first-order valence-electron chi connectivity index (χ1n) is 9.74. The second kappa shape index (κ2) is 8.73. The fourth-order valence-electron chi connectivity index (χ4n) is 3.87. The van der Waals surface area contributed by atoms with Crippen molar-refractivity contribution in [2.75, 3.05) is 26.4 Å². The molecule has 0 aromatic carbocycles. The Kier molecular flexibility index (Phi) is 6.99. The molecule has 3 saturated heterocycles. The van der Waals surface area contributed by atoms with E-state index in [1.807, 2.05) is 13.8 Å². The van der Waals surface area contributed by atoms with Crippen molar-refractivity contribution >= 4 is 7.60 Å². The average Bonchev–Trinajstić information content (AvgIpc) is 3.36. The maximum atomic E-state index is 13.6. The van der Waals surface area contributed by atoms with E-state index in [1.54, 1.807) is 13.8 Å². The number of fused-ring (bicyclic) bond motifs is 1. The fraction of sp³-hybridized carbons (Fsp3) is 1.00. The number of hydrogen-bond donors (Lipinski definition) is 1. The van der Waals surface area contributed by atoms with Gasteiger partial charge in [0.25, 0.3) is 0 Å². The SMILES string of the molecule is CCOP(=O)(OCC)[C@@]1(CO)O[C@H]([C@H]2COC(CC)O2)[C@@H]2OC(CC)O[C@@H]21. The van der Waals surface area contributed by atoms with Crippen LogP contribution in [0.25, 0.3) is 0 Å². The Morgan fingerprint density at radius 3 is 2.19 bits per heavy atom. The molecule has 0 aliphatic carbocycles. The quantitative estimate of drug-likeness (QED) is 0.572. The highest BCUT2D eigenvalue weighted by molar-refractivity contribution is 7.55. The Labute approximate surface area is 160 Å². The average molecular weight is 410 g/mol. The van der Waals surface area contributed by atoms with Gasteiger partial charge in [0.15, 0.2) is 12.6 Å². The molecule has 3 aliphatic heterocycles. The minimum Gasteiger partial charge on any atom is -0.393 e. The molecule has 0 aromatic rings. The maximum absolute atomic E-state index is 13.6. The molecule has 3 rings (SSSR count). The highest BCUT2D eigenvalue weighted by Gasteiger charge is 2.71. The van der Waals surface area contributed by atoms with Gasteiger partial charge in [-0.05, 0) is 26.7 Å². The lowest BCUT2D eigenvalue weighted by Crippen LogP contribution is -2.46. The standard InChI is InChI=1S/C17H31O9P/c1-5-12-20-9-11(23-12)14-15-16(25-13(6-2)24-15)17(10-18,26-14)27(19,21-7-3)22-8-4/h11-16,18H,5-10H2,1-4H3/t11-,12?,13?,14-,15+,16+,17-/m1/s1. The molecule has 0 radical (unpaired) electrons. The van der Waals surface area contributed by atoms with Crippen molar-refractivity contribution in [3.8, 4) is 0 Å². The van der Waals surface area contributed by atoms with Gasteiger partial charge in [-0.3, -0.25) is 4.57 Å². The van der Waals surface area contributed by atoms with Gasteiger partial charge in [0.2, 0.25) is 5.34 Å². The summed E-state index contributed by atoms with van der Waals surface area (Å²) in [5, 5.41) is 8.63. The molecule has 27 heavy (non-hydrogen) atoms. The van der Waals surface area contributed by atoms with Gasteiger partial charge in [0, 0.05) is 0 Å². The van der Waals surface area contributed by atoms with Gasteiger partial charge >= 0.3 is 7.60 Å². The van der Waals surface area contributed by atoms with E-state index in [0.29, 0.717) is 19.4 Å². The first-order valence-corrected chi connectivity index (χ1v) is 11.3. The van der Waals surface area contributed by atoms with Crippen molar-refractivity contribution < 1.29 is 42.4 Å². The molecule has 3 aliphatic rings. The molecule has 10 heteroatoms. The van der Waals surface area contributed by atoms with Crippen molar-refractivity contribution in [1.29, 1.82) is 0 Å². The van der Waals surface area contributed by atoms with Crippen LogP contribution in [0.3, 0.4) is 0 Å². The summed E-state index contributed by atoms with van der Waals surface area (Å²) in [5.41, 5.74) is 0. The van der Waals surface area contributed by atoms with Crippen LogP contribution in [0.2, 0.25) is 0 Å². The van der Waals surface area contributed by atoms with Crippen molar-refractivity contribution in [3.05, 3.63) is 0 Å². The highest BCUT2D eigenvalue weighted by atomic mass is 31.2. The molecule has 0 amide bonds. The summed E-state index contributed by atoms with van der Waals surface area (Å²) in [6.45, 7) is 7.32. The van der Waals surface area contributed by atoms with Gasteiger partial charge < -0.3 is 37.8 Å². The largest absolute Gasteiger partial charge is 0.393 e. The third kappa shape index (κ3) is 3.63. The molecule has 3 heterocycles. The lowest BCUT2D eigenvalue weighted by Gasteiger charge is -2.37. The number of hydrogen-bond acceptors (Lipinski definition) is 9. The van der Waals surface area contributed by atoms with Gasteiger partial charge in [0.1, 0.15) is 24.4 Å². The molecule has 0 saturated carbocycles. The smallest absolute Gasteiger partial charge is 0.367 e. The van der Waals surface area contributed by atoms with Crippen LogP contribution in [0.15, 0.2) is 0 Å². The summed E-state index contributed by atoms with van der Waals surface area (Å²) < 4.78 is 54.4. The van der Waals surface area contributed by atoms with Crippen LogP contribution in [-0.4, -0.2) is 73.9 Å². The molecule has 0 bridgehead atoms. The predicted molar refractivity (Wildman–Crippen MR) is 94.3 cm³/mol. The second-order valence-corrected chi connectivity index (χ2v) is 9.03. The van der Waals surface area contributed by atoms with E-state index >= 15 is 0 Å². The summed E-state index contributed by atoms with van der Waals surface area (Å²) in [5.74, 6) is 0. The molecular weight excluding hydrogens is 379 g/mol. The monoisotopic (exact) mass is 410 g/mol. The third-order valence-electron chi connectivity index (χ3n) is 5.11. The van der Waals surface area contributed by atoms with Crippen molar-refractivity contribution in [2.45, 2.75) is 82.9 Å². The summed E-state index contributed by atoms with van der Waals surface area (Å²) >= 11 is 0. The van der Waals surface area contributed by atoms with E-state index in [9.17, 15) is 9.67 Å². The molecule has 0 aromatic heterocycles. The van der Waals surface area contributed by atoms with Crippen molar-refractivity contribution in [2.24, 2.45) is 0 Å². The molecule has 1 N–H and O–H groups in total. The topological polar surface area (TPSA) is 102 Å². The van der Waals surface area contributed by atoms with Gasteiger partial charge in [0.05, 0.1) is 26.4 Å². The van der Waals surface area contributed by atoms with Crippen LogP contribution in [0, 0.1) is 0 Å². The van der Waals surface area contributed by atoms with Crippen LogP contribution < -0.4 is 0 Å². The predicted octanol–water partition coefficient (Wildman–Crippen LogP) is 2.01. The van der Waals surface area contributed by atoms with E-state index in [2.05, 4.69) is 0 Å². The first kappa shape index (κ1) is 21.6. The molecule has 7 atom stereocenters. The molecule has 9 nitrogen and oxygen atoms in total. The normalized spacial score (nSPS) is 42.0. The Hall–Kier alpha value is -0.0900. The van der Waals surface area contributed by atoms with Crippen LogP contribution in [0.5, 0.6) is 0 Å². The minimum absolute atomic E-state index is 0.142. The molecule has 0 spiro atoms. The molecule has 158 valence electrons. The second-order valence-electron chi connectivity index (χ2n) is 6.76. The zero-order chi connectivity index (χ0) is 19.7. The van der Waals surface area contributed by atoms with Gasteiger partial charge in [-0.2, -0.15) is 0 Å². The number of aliphatic hydroxyl groups excluding tert-OH is 1. The molecule has 3 fully saturated rings. The summed E-state index contributed by atoms with van der Waals surface area (Å²) in [6.07, 6.45) is -1.92.